The number of nitrogens with one attached hydrogen (secondary N) is 2. The van der Waals surface area contributed by atoms with Gasteiger partial charge < -0.3 is 15.4 Å². The zero-order valence-electron chi connectivity index (χ0n) is 12.2. The fraction of sp³-hybridized carbons (Fsp3) is 0.467. The number of hydrogen-bond acceptors (Lipinski definition) is 3. The van der Waals surface area contributed by atoms with Crippen LogP contribution < -0.4 is 15.4 Å². The molecule has 0 aromatic heterocycles. The Hall–Kier alpha value is -1.62. The molecular weight excluding hydrogens is 272 g/mol. The van der Waals surface area contributed by atoms with Gasteiger partial charge >= 0.3 is 0 Å². The highest BCUT2D eigenvalue weighted by Crippen LogP contribution is 2.16. The standard InChI is InChI=1S/C15H22N2O2S/c1-4-14(18)17-15(20)16-12-5-7-13(8-6-12)19-10-9-11(2)3/h5-8,11H,4,9-10H2,1-3H3,(H2,16,17,18,20). The van der Waals surface area contributed by atoms with Crippen LogP contribution in [-0.2, 0) is 4.79 Å². The van der Waals surface area contributed by atoms with Crippen molar-refractivity contribution in [1.29, 1.82) is 0 Å². The van der Waals surface area contributed by atoms with E-state index in [4.69, 9.17) is 17.0 Å². The molecule has 1 amide bonds. The van der Waals surface area contributed by atoms with Crippen molar-refractivity contribution in [3.8, 4) is 5.75 Å². The number of hydrogen-bond donors (Lipinski definition) is 2. The first kappa shape index (κ1) is 16.4. The maximum atomic E-state index is 11.2. The Kier molecular flexibility index (Phi) is 7.01. The number of thiocarbonyl (C=S) groups is 1. The molecule has 20 heavy (non-hydrogen) atoms. The van der Waals surface area contributed by atoms with Crippen molar-refractivity contribution in [2.45, 2.75) is 33.6 Å². The third kappa shape index (κ3) is 6.52. The van der Waals surface area contributed by atoms with E-state index in [1.54, 1.807) is 6.92 Å². The van der Waals surface area contributed by atoms with E-state index in [0.717, 1.165) is 24.5 Å². The van der Waals surface area contributed by atoms with Crippen molar-refractivity contribution in [1.82, 2.24) is 5.32 Å². The SMILES string of the molecule is CCC(=O)NC(=S)Nc1ccc(OCCC(C)C)cc1. The molecule has 0 saturated heterocycles. The number of benzene rings is 1. The van der Waals surface area contributed by atoms with Crippen molar-refractivity contribution in [3.63, 3.8) is 0 Å². The maximum absolute atomic E-state index is 11.2. The van der Waals surface area contributed by atoms with E-state index in [1.165, 1.54) is 0 Å². The van der Waals surface area contributed by atoms with Gasteiger partial charge in [0.1, 0.15) is 5.75 Å². The van der Waals surface area contributed by atoms with Crippen LogP contribution in [0.3, 0.4) is 0 Å². The average molecular weight is 294 g/mol. The van der Waals surface area contributed by atoms with Gasteiger partial charge in [0, 0.05) is 12.1 Å². The van der Waals surface area contributed by atoms with Crippen LogP contribution in [0.15, 0.2) is 24.3 Å². The predicted molar refractivity (Wildman–Crippen MR) is 86.0 cm³/mol. The lowest BCUT2D eigenvalue weighted by molar-refractivity contribution is -0.119. The molecule has 0 bridgehead atoms. The summed E-state index contributed by atoms with van der Waals surface area (Å²) in [5, 5.41) is 5.85. The van der Waals surface area contributed by atoms with Gasteiger partial charge in [0.15, 0.2) is 5.11 Å². The molecule has 0 atom stereocenters. The number of anilines is 1. The monoisotopic (exact) mass is 294 g/mol. The maximum Gasteiger partial charge on any atom is 0.225 e. The summed E-state index contributed by atoms with van der Waals surface area (Å²) in [7, 11) is 0. The Morgan fingerprint density at radius 3 is 2.50 bits per heavy atom. The lowest BCUT2D eigenvalue weighted by Crippen LogP contribution is -2.33. The summed E-state index contributed by atoms with van der Waals surface area (Å²) in [6.45, 7) is 6.83. The van der Waals surface area contributed by atoms with Gasteiger partial charge in [-0.2, -0.15) is 0 Å². The summed E-state index contributed by atoms with van der Waals surface area (Å²) in [5.41, 5.74) is 0.822. The molecule has 0 aliphatic rings. The summed E-state index contributed by atoms with van der Waals surface area (Å²) >= 11 is 5.04. The van der Waals surface area contributed by atoms with Crippen molar-refractivity contribution in [2.24, 2.45) is 5.92 Å². The minimum atomic E-state index is -0.101. The number of rotatable bonds is 6. The number of carbonyl (C=O) groups is 1. The summed E-state index contributed by atoms with van der Waals surface area (Å²) in [4.78, 5) is 11.2. The zero-order valence-corrected chi connectivity index (χ0v) is 13.0. The molecule has 0 radical (unpaired) electrons. The van der Waals surface area contributed by atoms with E-state index in [9.17, 15) is 4.79 Å². The Morgan fingerprint density at radius 2 is 1.95 bits per heavy atom. The molecule has 0 unspecified atom stereocenters. The number of amides is 1. The van der Waals surface area contributed by atoms with Crippen LogP contribution in [0.25, 0.3) is 0 Å². The quantitative estimate of drug-likeness (QED) is 0.790. The van der Waals surface area contributed by atoms with Crippen LogP contribution in [0, 0.1) is 5.92 Å². The Labute approximate surface area is 125 Å². The first-order valence-electron chi connectivity index (χ1n) is 6.85. The van der Waals surface area contributed by atoms with E-state index in [2.05, 4.69) is 24.5 Å². The lowest BCUT2D eigenvalue weighted by atomic mass is 10.1. The highest BCUT2D eigenvalue weighted by molar-refractivity contribution is 7.80. The van der Waals surface area contributed by atoms with Crippen LogP contribution in [-0.4, -0.2) is 17.6 Å². The normalized spacial score (nSPS) is 10.2. The molecule has 4 nitrogen and oxygen atoms in total. The molecule has 1 rings (SSSR count). The summed E-state index contributed by atoms with van der Waals surface area (Å²) in [6, 6.07) is 7.50. The third-order valence-electron chi connectivity index (χ3n) is 2.65. The van der Waals surface area contributed by atoms with Crippen molar-refractivity contribution >= 4 is 28.9 Å². The molecule has 0 saturated carbocycles. The highest BCUT2D eigenvalue weighted by atomic mass is 32.1. The van der Waals surface area contributed by atoms with Crippen LogP contribution in [0.4, 0.5) is 5.69 Å². The zero-order chi connectivity index (χ0) is 15.0. The van der Waals surface area contributed by atoms with Gasteiger partial charge in [-0.25, -0.2) is 0 Å². The molecule has 0 heterocycles. The van der Waals surface area contributed by atoms with E-state index in [1.807, 2.05) is 24.3 Å². The van der Waals surface area contributed by atoms with E-state index in [-0.39, 0.29) is 5.91 Å². The molecule has 5 heteroatoms. The molecule has 2 N–H and O–H groups in total. The minimum absolute atomic E-state index is 0.101. The summed E-state index contributed by atoms with van der Waals surface area (Å²) < 4.78 is 5.63. The number of carbonyl (C=O) groups excluding carboxylic acids is 1. The molecule has 1 aromatic rings. The Morgan fingerprint density at radius 1 is 1.30 bits per heavy atom. The highest BCUT2D eigenvalue weighted by Gasteiger charge is 2.02. The third-order valence-corrected chi connectivity index (χ3v) is 2.85. The van der Waals surface area contributed by atoms with Crippen molar-refractivity contribution < 1.29 is 9.53 Å². The predicted octanol–water partition coefficient (Wildman–Crippen LogP) is 3.33. The fourth-order valence-electron chi connectivity index (χ4n) is 1.42. The van der Waals surface area contributed by atoms with E-state index in [0.29, 0.717) is 17.5 Å². The largest absolute Gasteiger partial charge is 0.494 e. The number of ether oxygens (including phenoxy) is 1. The summed E-state index contributed by atoms with van der Waals surface area (Å²) in [5.74, 6) is 1.37. The Bertz CT molecular complexity index is 444. The van der Waals surface area contributed by atoms with Gasteiger partial charge in [0.05, 0.1) is 6.61 Å². The van der Waals surface area contributed by atoms with Crippen LogP contribution >= 0.6 is 12.2 Å². The van der Waals surface area contributed by atoms with Gasteiger partial charge in [-0.15, -0.1) is 0 Å². The second kappa shape index (κ2) is 8.53. The average Bonchev–Trinajstić information content (AvgIpc) is 2.40. The Balaban J connectivity index is 2.42. The van der Waals surface area contributed by atoms with Gasteiger partial charge in [-0.1, -0.05) is 20.8 Å². The molecule has 1 aromatic carbocycles. The van der Waals surface area contributed by atoms with Crippen molar-refractivity contribution in [2.75, 3.05) is 11.9 Å². The second-order valence-corrected chi connectivity index (χ2v) is 5.32. The van der Waals surface area contributed by atoms with E-state index < -0.39 is 0 Å². The molecular formula is C15H22N2O2S. The smallest absolute Gasteiger partial charge is 0.225 e. The van der Waals surface area contributed by atoms with Crippen molar-refractivity contribution in [3.05, 3.63) is 24.3 Å². The topological polar surface area (TPSA) is 50.4 Å². The van der Waals surface area contributed by atoms with Gasteiger partial charge in [-0.3, -0.25) is 4.79 Å². The summed E-state index contributed by atoms with van der Waals surface area (Å²) in [6.07, 6.45) is 1.44. The molecule has 0 spiro atoms. The van der Waals surface area contributed by atoms with Gasteiger partial charge in [-0.05, 0) is 48.8 Å². The lowest BCUT2D eigenvalue weighted by Gasteiger charge is -2.11. The molecule has 0 aliphatic heterocycles. The second-order valence-electron chi connectivity index (χ2n) is 4.91. The van der Waals surface area contributed by atoms with Gasteiger partial charge in [0.2, 0.25) is 5.91 Å². The molecule has 0 fully saturated rings. The molecule has 0 aliphatic carbocycles. The van der Waals surface area contributed by atoms with Gasteiger partial charge in [0.25, 0.3) is 0 Å². The van der Waals surface area contributed by atoms with E-state index >= 15 is 0 Å². The first-order chi connectivity index (χ1) is 9.51. The van der Waals surface area contributed by atoms with Crippen LogP contribution in [0.5, 0.6) is 5.75 Å². The van der Waals surface area contributed by atoms with Crippen LogP contribution in [0.2, 0.25) is 0 Å². The first-order valence-corrected chi connectivity index (χ1v) is 7.25. The minimum Gasteiger partial charge on any atom is -0.494 e. The van der Waals surface area contributed by atoms with Crippen LogP contribution in [0.1, 0.15) is 33.6 Å². The molecule has 110 valence electrons. The fourth-order valence-corrected chi connectivity index (χ4v) is 1.66.